The first-order valence-corrected chi connectivity index (χ1v) is 8.09. The van der Waals surface area contributed by atoms with Crippen LogP contribution < -0.4 is 5.90 Å². The third-order valence-electron chi connectivity index (χ3n) is 3.54. The van der Waals surface area contributed by atoms with Gasteiger partial charge in [-0.3, -0.25) is 0 Å². The van der Waals surface area contributed by atoms with Crippen LogP contribution in [0.2, 0.25) is 0 Å². The van der Waals surface area contributed by atoms with Gasteiger partial charge in [-0.1, -0.05) is 84.5 Å². The van der Waals surface area contributed by atoms with Crippen LogP contribution in [-0.4, -0.2) is 6.61 Å². The van der Waals surface area contributed by atoms with E-state index in [0.29, 0.717) is 0 Å². The first-order valence-electron chi connectivity index (χ1n) is 8.09. The van der Waals surface area contributed by atoms with Crippen molar-refractivity contribution in [2.75, 3.05) is 6.61 Å². The first kappa shape index (κ1) is 17.9. The van der Waals surface area contributed by atoms with E-state index in [4.69, 9.17) is 5.90 Å². The maximum absolute atomic E-state index is 4.98. The number of unbranched alkanes of at least 4 members (excludes halogenated alkanes) is 10. The molecule has 0 aromatic carbocycles. The summed E-state index contributed by atoms with van der Waals surface area (Å²) < 4.78 is 0. The lowest BCUT2D eigenvalue weighted by Crippen LogP contribution is -2.00. The van der Waals surface area contributed by atoms with Crippen molar-refractivity contribution in [3.63, 3.8) is 0 Å². The van der Waals surface area contributed by atoms with Crippen molar-refractivity contribution < 1.29 is 4.84 Å². The molecule has 0 unspecified atom stereocenters. The highest BCUT2D eigenvalue weighted by atomic mass is 16.6. The van der Waals surface area contributed by atoms with Crippen LogP contribution in [0.1, 0.15) is 90.9 Å². The summed E-state index contributed by atoms with van der Waals surface area (Å²) in [4.78, 5) is 4.55. The molecule has 0 aromatic rings. The van der Waals surface area contributed by atoms with Crippen LogP contribution in [0.4, 0.5) is 0 Å². The minimum absolute atomic E-state index is 0.719. The van der Waals surface area contributed by atoms with E-state index >= 15 is 0 Å². The van der Waals surface area contributed by atoms with Gasteiger partial charge in [-0.2, -0.15) is 0 Å². The minimum atomic E-state index is 0.719. The summed E-state index contributed by atoms with van der Waals surface area (Å²) in [5.41, 5.74) is 0. The van der Waals surface area contributed by atoms with Crippen LogP contribution in [0.5, 0.6) is 0 Å². The van der Waals surface area contributed by atoms with E-state index < -0.39 is 0 Å². The predicted molar refractivity (Wildman–Crippen MR) is 80.4 cm³/mol. The zero-order chi connectivity index (χ0) is 13.5. The third kappa shape index (κ3) is 15.9. The molecule has 18 heavy (non-hydrogen) atoms. The van der Waals surface area contributed by atoms with Gasteiger partial charge < -0.3 is 4.84 Å². The molecular weight excluding hydrogens is 222 g/mol. The van der Waals surface area contributed by atoms with E-state index in [1.165, 1.54) is 70.6 Å². The lowest BCUT2D eigenvalue weighted by Gasteiger charge is -2.04. The van der Waals surface area contributed by atoms with Gasteiger partial charge in [-0.15, -0.1) is 0 Å². The molecule has 0 radical (unpaired) electrons. The van der Waals surface area contributed by atoms with Gasteiger partial charge in [0, 0.05) is 0 Å². The molecule has 110 valence electrons. The largest absolute Gasteiger partial charge is 0.305 e. The Hall–Kier alpha value is -0.0800. The van der Waals surface area contributed by atoms with Crippen LogP contribution in [0.25, 0.3) is 0 Å². The molecule has 0 spiro atoms. The summed E-state index contributed by atoms with van der Waals surface area (Å²) in [5, 5.41) is 0. The smallest absolute Gasteiger partial charge is 0.0679 e. The van der Waals surface area contributed by atoms with Gasteiger partial charge in [-0.05, 0) is 12.3 Å². The minimum Gasteiger partial charge on any atom is -0.305 e. The molecular formula is C16H35NO. The molecule has 2 heteroatoms. The Balaban J connectivity index is 2.90. The van der Waals surface area contributed by atoms with Crippen molar-refractivity contribution in [1.82, 2.24) is 0 Å². The number of nitrogens with two attached hydrogens (primary N) is 1. The molecule has 0 amide bonds. The Morgan fingerprint density at radius 3 is 1.44 bits per heavy atom. The summed E-state index contributed by atoms with van der Waals surface area (Å²) in [6.45, 7) is 5.36. The van der Waals surface area contributed by atoms with Gasteiger partial charge in [0.05, 0.1) is 6.61 Å². The highest BCUT2D eigenvalue weighted by Crippen LogP contribution is 2.13. The topological polar surface area (TPSA) is 35.2 Å². The lowest BCUT2D eigenvalue weighted by atomic mass is 10.0. The normalized spacial score (nSPS) is 11.3. The molecule has 0 rings (SSSR count). The standard InChI is InChI=1S/C16H35NO/c1-16(2)14-12-10-8-6-4-3-5-7-9-11-13-15-18-17/h16H,3-15,17H2,1-2H3. The molecule has 0 heterocycles. The van der Waals surface area contributed by atoms with E-state index in [1.807, 2.05) is 0 Å². The second kappa shape index (κ2) is 15.0. The molecule has 0 aliphatic carbocycles. The second-order valence-corrected chi connectivity index (χ2v) is 5.94. The van der Waals surface area contributed by atoms with Crippen molar-refractivity contribution >= 4 is 0 Å². The van der Waals surface area contributed by atoms with E-state index in [1.54, 1.807) is 0 Å². The van der Waals surface area contributed by atoms with Crippen LogP contribution >= 0.6 is 0 Å². The van der Waals surface area contributed by atoms with E-state index in [2.05, 4.69) is 18.7 Å². The first-order chi connectivity index (χ1) is 8.77. The molecule has 0 saturated heterocycles. The van der Waals surface area contributed by atoms with E-state index in [-0.39, 0.29) is 0 Å². The Morgan fingerprint density at radius 1 is 0.667 bits per heavy atom. The molecule has 0 bridgehead atoms. The maximum atomic E-state index is 4.98. The summed E-state index contributed by atoms with van der Waals surface area (Å²) in [7, 11) is 0. The molecule has 0 aliphatic rings. The Morgan fingerprint density at radius 2 is 1.06 bits per heavy atom. The molecule has 2 N–H and O–H groups in total. The van der Waals surface area contributed by atoms with Gasteiger partial charge in [0.2, 0.25) is 0 Å². The molecule has 0 aliphatic heterocycles. The zero-order valence-electron chi connectivity index (χ0n) is 12.8. The highest BCUT2D eigenvalue weighted by molar-refractivity contribution is 4.50. The van der Waals surface area contributed by atoms with Gasteiger partial charge in [-0.25, -0.2) is 5.90 Å². The van der Waals surface area contributed by atoms with E-state index in [9.17, 15) is 0 Å². The molecule has 0 atom stereocenters. The molecule has 0 saturated carbocycles. The predicted octanol–water partition coefficient (Wildman–Crippen LogP) is 5.21. The van der Waals surface area contributed by atoms with Crippen LogP contribution in [-0.2, 0) is 4.84 Å². The second-order valence-electron chi connectivity index (χ2n) is 5.94. The highest BCUT2D eigenvalue weighted by Gasteiger charge is 1.95. The fourth-order valence-corrected chi connectivity index (χ4v) is 2.33. The van der Waals surface area contributed by atoms with Crippen molar-refractivity contribution in [3.05, 3.63) is 0 Å². The SMILES string of the molecule is CC(C)CCCCCCCCCCCCCON. The summed E-state index contributed by atoms with van der Waals surface area (Å²) in [5.74, 6) is 5.86. The summed E-state index contributed by atoms with van der Waals surface area (Å²) in [6, 6.07) is 0. The molecule has 0 aromatic heterocycles. The number of rotatable bonds is 14. The van der Waals surface area contributed by atoms with Crippen LogP contribution in [0.15, 0.2) is 0 Å². The summed E-state index contributed by atoms with van der Waals surface area (Å²) in [6.07, 6.45) is 16.6. The van der Waals surface area contributed by atoms with Crippen LogP contribution in [0, 0.1) is 5.92 Å². The Kier molecular flexibility index (Phi) is 14.9. The average Bonchev–Trinajstić information content (AvgIpc) is 2.34. The van der Waals surface area contributed by atoms with Crippen molar-refractivity contribution in [1.29, 1.82) is 0 Å². The molecule has 2 nitrogen and oxygen atoms in total. The lowest BCUT2D eigenvalue weighted by molar-refractivity contribution is 0.133. The van der Waals surface area contributed by atoms with Gasteiger partial charge in [0.1, 0.15) is 0 Å². The Bertz CT molecular complexity index is 148. The number of hydrogen-bond donors (Lipinski definition) is 1. The average molecular weight is 257 g/mol. The van der Waals surface area contributed by atoms with Crippen molar-refractivity contribution in [2.24, 2.45) is 11.8 Å². The van der Waals surface area contributed by atoms with Crippen molar-refractivity contribution in [3.8, 4) is 0 Å². The van der Waals surface area contributed by atoms with Crippen molar-refractivity contribution in [2.45, 2.75) is 90.9 Å². The molecule has 0 fully saturated rings. The van der Waals surface area contributed by atoms with Gasteiger partial charge >= 0.3 is 0 Å². The fourth-order valence-electron chi connectivity index (χ4n) is 2.33. The van der Waals surface area contributed by atoms with Gasteiger partial charge in [0.15, 0.2) is 0 Å². The zero-order valence-corrected chi connectivity index (χ0v) is 12.8. The number of hydrogen-bond acceptors (Lipinski definition) is 2. The summed E-state index contributed by atoms with van der Waals surface area (Å²) >= 11 is 0. The van der Waals surface area contributed by atoms with Gasteiger partial charge in [0.25, 0.3) is 0 Å². The monoisotopic (exact) mass is 257 g/mol. The quantitative estimate of drug-likeness (QED) is 0.342. The van der Waals surface area contributed by atoms with Crippen LogP contribution in [0.3, 0.4) is 0 Å². The maximum Gasteiger partial charge on any atom is 0.0679 e. The fraction of sp³-hybridized carbons (Fsp3) is 1.00. The Labute approximate surface area is 115 Å². The third-order valence-corrected chi connectivity index (χ3v) is 3.54. The van der Waals surface area contributed by atoms with E-state index in [0.717, 1.165) is 18.9 Å².